The number of rotatable bonds is 11. The van der Waals surface area contributed by atoms with E-state index in [9.17, 15) is 0 Å². The Morgan fingerprint density at radius 3 is 2.41 bits per heavy atom. The van der Waals surface area contributed by atoms with Crippen molar-refractivity contribution in [1.82, 2.24) is 20.1 Å². The van der Waals surface area contributed by atoms with Crippen molar-refractivity contribution in [1.29, 1.82) is 0 Å². The van der Waals surface area contributed by atoms with Gasteiger partial charge in [0.1, 0.15) is 0 Å². The van der Waals surface area contributed by atoms with E-state index < -0.39 is 0 Å². The molecule has 1 atom stereocenters. The molecule has 2 aliphatic heterocycles. The smallest absolute Gasteiger partial charge is 0.227 e. The number of ether oxygens (including phenoxy) is 2. The SMILES string of the molecule is COc1cc2c(cc1OC)C(c1ccc(C(C)C)cc1)N(c1nc(SCCCN3CCN(c4cccc(Cl)c4)CC3)n[nH]1)C(C)=C2. The third-order valence-electron chi connectivity index (χ3n) is 8.88. The highest BCUT2D eigenvalue weighted by Crippen LogP contribution is 2.45. The van der Waals surface area contributed by atoms with E-state index in [2.05, 4.69) is 100 Å². The van der Waals surface area contributed by atoms with E-state index in [4.69, 9.17) is 26.1 Å². The number of methoxy groups -OCH3 is 2. The number of allylic oxidation sites excluding steroid dienone is 1. The Hall–Kier alpha value is -3.66. The lowest BCUT2D eigenvalue weighted by Gasteiger charge is -2.37. The molecule has 0 radical (unpaired) electrons. The fourth-order valence-corrected chi connectivity index (χ4v) is 7.26. The minimum Gasteiger partial charge on any atom is -0.493 e. The van der Waals surface area contributed by atoms with Crippen LogP contribution in [0.4, 0.5) is 11.6 Å². The number of hydrogen-bond acceptors (Lipinski definition) is 8. The van der Waals surface area contributed by atoms with Crippen LogP contribution in [0.25, 0.3) is 6.08 Å². The van der Waals surface area contributed by atoms with Crippen LogP contribution in [0.2, 0.25) is 5.02 Å². The van der Waals surface area contributed by atoms with Crippen molar-refractivity contribution in [3.8, 4) is 11.5 Å². The summed E-state index contributed by atoms with van der Waals surface area (Å²) in [5, 5.41) is 9.44. The molecule has 0 saturated carbocycles. The summed E-state index contributed by atoms with van der Waals surface area (Å²) in [6.07, 6.45) is 3.26. The van der Waals surface area contributed by atoms with Gasteiger partial charge in [-0.2, -0.15) is 4.98 Å². The molecule has 4 aromatic rings. The van der Waals surface area contributed by atoms with Crippen LogP contribution in [-0.4, -0.2) is 72.8 Å². The summed E-state index contributed by atoms with van der Waals surface area (Å²) >= 11 is 7.91. The van der Waals surface area contributed by atoms with Crippen LogP contribution in [0.15, 0.2) is 71.5 Å². The van der Waals surface area contributed by atoms with Crippen molar-refractivity contribution in [2.24, 2.45) is 0 Å². The average Bonchev–Trinajstić information content (AvgIpc) is 3.54. The second-order valence-electron chi connectivity index (χ2n) is 12.2. The predicted octanol–water partition coefficient (Wildman–Crippen LogP) is 7.87. The number of thioether (sulfide) groups is 1. The third-order valence-corrected chi connectivity index (χ3v) is 10.1. The second-order valence-corrected chi connectivity index (χ2v) is 13.7. The predicted molar refractivity (Wildman–Crippen MR) is 190 cm³/mol. The lowest BCUT2D eigenvalue weighted by Crippen LogP contribution is -2.46. The maximum Gasteiger partial charge on any atom is 0.227 e. The molecule has 46 heavy (non-hydrogen) atoms. The standard InChI is InChI=1S/C36H43ClN6O2S/c1-24(2)26-10-12-27(13-11-26)34-31-23-33(45-5)32(44-4)21-28(31)20-25(3)43(34)35-38-36(40-39-35)46-19-7-14-41-15-17-42(18-16-41)30-9-6-8-29(37)22-30/h6,8-13,20-24,34H,7,14-19H2,1-5H3,(H,38,39,40). The molecular formula is C36H43ClN6O2S. The van der Waals surface area contributed by atoms with Crippen LogP contribution in [0, 0.1) is 0 Å². The molecule has 242 valence electrons. The number of aromatic nitrogens is 3. The first-order valence-corrected chi connectivity index (χ1v) is 17.3. The molecule has 0 aliphatic carbocycles. The van der Waals surface area contributed by atoms with Crippen LogP contribution in [0.3, 0.4) is 0 Å². The number of anilines is 2. The number of piperazine rings is 1. The molecule has 1 aromatic heterocycles. The topological polar surface area (TPSA) is 69.8 Å². The molecule has 3 aromatic carbocycles. The summed E-state index contributed by atoms with van der Waals surface area (Å²) in [7, 11) is 3.35. The Labute approximate surface area is 281 Å². The van der Waals surface area contributed by atoms with E-state index >= 15 is 0 Å². The molecule has 2 aliphatic rings. The van der Waals surface area contributed by atoms with Crippen molar-refractivity contribution in [2.45, 2.75) is 44.3 Å². The molecule has 0 amide bonds. The highest BCUT2D eigenvalue weighted by molar-refractivity contribution is 7.99. The quantitative estimate of drug-likeness (QED) is 0.129. The molecule has 10 heteroatoms. The largest absolute Gasteiger partial charge is 0.493 e. The monoisotopic (exact) mass is 658 g/mol. The Morgan fingerprint density at radius 1 is 0.978 bits per heavy atom. The summed E-state index contributed by atoms with van der Waals surface area (Å²) in [5.74, 6) is 3.57. The number of halogens is 1. The van der Waals surface area contributed by atoms with Crippen LogP contribution < -0.4 is 19.3 Å². The van der Waals surface area contributed by atoms with Crippen molar-refractivity contribution >= 4 is 41.1 Å². The number of H-pyrrole nitrogens is 1. The van der Waals surface area contributed by atoms with E-state index in [1.54, 1.807) is 26.0 Å². The first-order valence-electron chi connectivity index (χ1n) is 16.0. The summed E-state index contributed by atoms with van der Waals surface area (Å²) in [6.45, 7) is 11.8. The fraction of sp³-hybridized carbons (Fsp3) is 0.389. The van der Waals surface area contributed by atoms with Crippen LogP contribution in [-0.2, 0) is 0 Å². The van der Waals surface area contributed by atoms with E-state index in [0.717, 1.165) is 77.8 Å². The number of fused-ring (bicyclic) bond motifs is 1. The summed E-state index contributed by atoms with van der Waals surface area (Å²) in [4.78, 5) is 12.2. The molecule has 8 nitrogen and oxygen atoms in total. The summed E-state index contributed by atoms with van der Waals surface area (Å²) < 4.78 is 11.4. The van der Waals surface area contributed by atoms with E-state index in [1.807, 2.05) is 12.1 Å². The Balaban J connectivity index is 1.14. The first-order chi connectivity index (χ1) is 22.3. The number of hydrogen-bond donors (Lipinski definition) is 1. The van der Waals surface area contributed by atoms with Gasteiger partial charge in [-0.05, 0) is 84.5 Å². The summed E-state index contributed by atoms with van der Waals surface area (Å²) in [6, 6.07) is 21.1. The van der Waals surface area contributed by atoms with Gasteiger partial charge in [0.05, 0.1) is 20.3 Å². The van der Waals surface area contributed by atoms with Gasteiger partial charge in [0, 0.05) is 48.3 Å². The zero-order chi connectivity index (χ0) is 32.2. The van der Waals surface area contributed by atoms with Gasteiger partial charge in [0.2, 0.25) is 11.1 Å². The lowest BCUT2D eigenvalue weighted by atomic mass is 9.88. The van der Waals surface area contributed by atoms with Gasteiger partial charge in [-0.1, -0.05) is 67.5 Å². The van der Waals surface area contributed by atoms with Crippen LogP contribution >= 0.6 is 23.4 Å². The summed E-state index contributed by atoms with van der Waals surface area (Å²) in [5.41, 5.74) is 6.99. The van der Waals surface area contributed by atoms with E-state index in [0.29, 0.717) is 17.4 Å². The van der Waals surface area contributed by atoms with Gasteiger partial charge < -0.3 is 19.3 Å². The number of aromatic amines is 1. The van der Waals surface area contributed by atoms with Gasteiger partial charge in [-0.3, -0.25) is 4.90 Å². The zero-order valence-electron chi connectivity index (χ0n) is 27.3. The van der Waals surface area contributed by atoms with Gasteiger partial charge in [0.25, 0.3) is 0 Å². The van der Waals surface area contributed by atoms with Gasteiger partial charge in [-0.15, -0.1) is 5.10 Å². The van der Waals surface area contributed by atoms with Crippen molar-refractivity contribution in [2.75, 3.05) is 62.5 Å². The van der Waals surface area contributed by atoms with Crippen LogP contribution in [0.1, 0.15) is 61.4 Å². The average molecular weight is 659 g/mol. The first kappa shape index (κ1) is 32.3. The van der Waals surface area contributed by atoms with Gasteiger partial charge in [0.15, 0.2) is 11.5 Å². The maximum absolute atomic E-state index is 6.21. The molecule has 1 saturated heterocycles. The van der Waals surface area contributed by atoms with Crippen LogP contribution in [0.5, 0.6) is 11.5 Å². The van der Waals surface area contributed by atoms with Crippen molar-refractivity contribution in [3.63, 3.8) is 0 Å². The number of nitrogens with zero attached hydrogens (tertiary/aromatic N) is 5. The minimum absolute atomic E-state index is 0.114. The highest BCUT2D eigenvalue weighted by Gasteiger charge is 2.33. The zero-order valence-corrected chi connectivity index (χ0v) is 28.9. The molecule has 0 spiro atoms. The molecule has 1 fully saturated rings. The lowest BCUT2D eigenvalue weighted by molar-refractivity contribution is 0.259. The Morgan fingerprint density at radius 2 is 1.72 bits per heavy atom. The molecule has 1 N–H and O–H groups in total. The molecule has 1 unspecified atom stereocenters. The van der Waals surface area contributed by atoms with Crippen molar-refractivity contribution < 1.29 is 9.47 Å². The molecule has 0 bridgehead atoms. The highest BCUT2D eigenvalue weighted by atomic mass is 35.5. The van der Waals surface area contributed by atoms with E-state index in [1.165, 1.54) is 16.8 Å². The van der Waals surface area contributed by atoms with Crippen molar-refractivity contribution in [3.05, 3.63) is 93.6 Å². The van der Waals surface area contributed by atoms with Gasteiger partial charge >= 0.3 is 0 Å². The maximum atomic E-state index is 6.21. The normalized spacial score (nSPS) is 16.8. The Bertz CT molecular complexity index is 1670. The number of nitrogens with one attached hydrogen (secondary N) is 1. The Kier molecular flexibility index (Phi) is 10.1. The fourth-order valence-electron chi connectivity index (χ4n) is 6.36. The molecule has 6 rings (SSSR count). The third kappa shape index (κ3) is 7.01. The van der Waals surface area contributed by atoms with E-state index in [-0.39, 0.29) is 6.04 Å². The van der Waals surface area contributed by atoms with Gasteiger partial charge in [-0.25, -0.2) is 5.10 Å². The molecule has 3 heterocycles. The minimum atomic E-state index is -0.114. The second kappa shape index (κ2) is 14.4. The molecular weight excluding hydrogens is 616 g/mol. The number of benzene rings is 3.